The van der Waals surface area contributed by atoms with Crippen LogP contribution in [0.5, 0.6) is 0 Å². The van der Waals surface area contributed by atoms with Crippen molar-refractivity contribution in [2.45, 2.75) is 39.2 Å². The zero-order chi connectivity index (χ0) is 20.4. The summed E-state index contributed by atoms with van der Waals surface area (Å²) in [5, 5.41) is 0. The molecule has 0 radical (unpaired) electrons. The maximum absolute atomic E-state index is 13.5. The van der Waals surface area contributed by atoms with Gasteiger partial charge in [0.05, 0.1) is 24.8 Å². The van der Waals surface area contributed by atoms with Crippen LogP contribution in [0.25, 0.3) is 0 Å². The third-order valence-electron chi connectivity index (χ3n) is 6.26. The summed E-state index contributed by atoms with van der Waals surface area (Å²) in [5.41, 5.74) is 0.625. The lowest BCUT2D eigenvalue weighted by Crippen LogP contribution is -2.48. The minimum atomic E-state index is -0.0219. The molecule has 29 heavy (non-hydrogen) atoms. The monoisotopic (exact) mass is 400 g/mol. The van der Waals surface area contributed by atoms with Crippen molar-refractivity contribution in [2.24, 2.45) is 11.8 Å². The van der Waals surface area contributed by atoms with E-state index >= 15 is 0 Å². The predicted octanol–water partition coefficient (Wildman–Crippen LogP) is 2.03. The second kappa shape index (κ2) is 8.69. The summed E-state index contributed by atoms with van der Waals surface area (Å²) >= 11 is 0. The van der Waals surface area contributed by atoms with Gasteiger partial charge in [0.1, 0.15) is 5.82 Å². The van der Waals surface area contributed by atoms with Crippen LogP contribution in [0.15, 0.2) is 18.3 Å². The van der Waals surface area contributed by atoms with Crippen molar-refractivity contribution in [3.63, 3.8) is 0 Å². The van der Waals surface area contributed by atoms with Gasteiger partial charge in [0, 0.05) is 45.3 Å². The molecule has 2 aliphatic heterocycles. The summed E-state index contributed by atoms with van der Waals surface area (Å²) in [6.07, 6.45) is 4.57. The number of nitrogens with zero attached hydrogens (tertiary/aromatic N) is 4. The topological polar surface area (TPSA) is 66.0 Å². The van der Waals surface area contributed by atoms with E-state index in [0.717, 1.165) is 25.5 Å². The van der Waals surface area contributed by atoms with E-state index in [1.807, 2.05) is 17.0 Å². The standard InChI is InChI=1S/C22H32N4O3/c1-16(2)19-15-25(9-7-20(27)26(19)14-17-5-6-17)22(28)18-4-3-8-23-21(18)24-10-12-29-13-11-24/h3-4,8,16-17,19H,5-7,9-15H2,1-2H3/t19-/m1/s1. The maximum atomic E-state index is 13.5. The molecule has 0 spiro atoms. The first kappa shape index (κ1) is 20.1. The number of morpholine rings is 1. The molecular weight excluding hydrogens is 368 g/mol. The van der Waals surface area contributed by atoms with Crippen LogP contribution in [0.3, 0.4) is 0 Å². The zero-order valence-corrected chi connectivity index (χ0v) is 17.5. The first-order valence-electron chi connectivity index (χ1n) is 10.9. The SMILES string of the molecule is CC(C)[C@H]1CN(C(=O)c2cccnc2N2CCOCC2)CCC(=O)N1CC1CC1. The van der Waals surface area contributed by atoms with Crippen molar-refractivity contribution in [1.29, 1.82) is 0 Å². The Bertz CT molecular complexity index is 743. The number of amides is 2. The number of carbonyl (C=O) groups excluding carboxylic acids is 2. The molecule has 1 atom stereocenters. The highest BCUT2D eigenvalue weighted by Gasteiger charge is 2.37. The Hall–Kier alpha value is -2.15. The number of ether oxygens (including phenoxy) is 1. The Morgan fingerprint density at radius 2 is 2.00 bits per heavy atom. The predicted molar refractivity (Wildman–Crippen MR) is 111 cm³/mol. The molecule has 3 aliphatic rings. The van der Waals surface area contributed by atoms with Crippen molar-refractivity contribution in [3.05, 3.63) is 23.9 Å². The fourth-order valence-corrected chi connectivity index (χ4v) is 4.31. The van der Waals surface area contributed by atoms with E-state index in [0.29, 0.717) is 50.1 Å². The summed E-state index contributed by atoms with van der Waals surface area (Å²) < 4.78 is 5.45. The molecule has 3 heterocycles. The molecule has 7 heteroatoms. The Morgan fingerprint density at radius 3 is 2.69 bits per heavy atom. The van der Waals surface area contributed by atoms with Crippen LogP contribution >= 0.6 is 0 Å². The molecule has 3 fully saturated rings. The van der Waals surface area contributed by atoms with Gasteiger partial charge in [-0.05, 0) is 36.8 Å². The van der Waals surface area contributed by atoms with Gasteiger partial charge in [-0.25, -0.2) is 4.98 Å². The fraction of sp³-hybridized carbons (Fsp3) is 0.682. The Kier molecular flexibility index (Phi) is 6.04. The Morgan fingerprint density at radius 1 is 1.24 bits per heavy atom. The molecule has 1 aromatic rings. The first-order valence-corrected chi connectivity index (χ1v) is 10.9. The average Bonchev–Trinajstić information content (AvgIpc) is 3.57. The molecule has 0 unspecified atom stereocenters. The Labute approximate surface area is 173 Å². The molecule has 1 aliphatic carbocycles. The lowest BCUT2D eigenvalue weighted by Gasteiger charge is -2.35. The molecule has 0 aromatic carbocycles. The number of hydrogen-bond acceptors (Lipinski definition) is 5. The van der Waals surface area contributed by atoms with Gasteiger partial charge < -0.3 is 19.4 Å². The minimum Gasteiger partial charge on any atom is -0.378 e. The molecule has 4 rings (SSSR count). The van der Waals surface area contributed by atoms with E-state index in [-0.39, 0.29) is 17.9 Å². The summed E-state index contributed by atoms with van der Waals surface area (Å²) in [5.74, 6) is 1.84. The lowest BCUT2D eigenvalue weighted by atomic mass is 10.0. The number of hydrogen-bond donors (Lipinski definition) is 0. The molecular formula is C22H32N4O3. The minimum absolute atomic E-state index is 0.0219. The summed E-state index contributed by atoms with van der Waals surface area (Å²) in [7, 11) is 0. The van der Waals surface area contributed by atoms with Gasteiger partial charge in [-0.1, -0.05) is 13.8 Å². The largest absolute Gasteiger partial charge is 0.378 e. The third kappa shape index (κ3) is 4.55. The molecule has 158 valence electrons. The second-order valence-electron chi connectivity index (χ2n) is 8.78. The number of aromatic nitrogens is 1. The van der Waals surface area contributed by atoms with E-state index in [4.69, 9.17) is 4.74 Å². The van der Waals surface area contributed by atoms with Crippen LogP contribution in [-0.4, -0.2) is 78.6 Å². The number of carbonyl (C=O) groups is 2. The number of anilines is 1. The van der Waals surface area contributed by atoms with Crippen molar-refractivity contribution in [1.82, 2.24) is 14.8 Å². The van der Waals surface area contributed by atoms with Crippen LogP contribution in [-0.2, 0) is 9.53 Å². The maximum Gasteiger partial charge on any atom is 0.257 e. The van der Waals surface area contributed by atoms with Gasteiger partial charge in [0.15, 0.2) is 0 Å². The smallest absolute Gasteiger partial charge is 0.257 e. The third-order valence-corrected chi connectivity index (χ3v) is 6.26. The fourth-order valence-electron chi connectivity index (χ4n) is 4.31. The number of rotatable bonds is 5. The van der Waals surface area contributed by atoms with Gasteiger partial charge in [-0.2, -0.15) is 0 Å². The lowest BCUT2D eigenvalue weighted by molar-refractivity contribution is -0.133. The normalized spacial score (nSPS) is 23.5. The molecule has 2 saturated heterocycles. The molecule has 1 saturated carbocycles. The summed E-state index contributed by atoms with van der Waals surface area (Å²) in [6, 6.07) is 3.75. The quantitative estimate of drug-likeness (QED) is 0.757. The zero-order valence-electron chi connectivity index (χ0n) is 17.5. The van der Waals surface area contributed by atoms with Crippen LogP contribution in [0.2, 0.25) is 0 Å². The highest BCUT2D eigenvalue weighted by molar-refractivity contribution is 5.99. The van der Waals surface area contributed by atoms with Gasteiger partial charge >= 0.3 is 0 Å². The molecule has 7 nitrogen and oxygen atoms in total. The van der Waals surface area contributed by atoms with Gasteiger partial charge in [-0.15, -0.1) is 0 Å². The second-order valence-corrected chi connectivity index (χ2v) is 8.78. The van der Waals surface area contributed by atoms with Crippen molar-refractivity contribution >= 4 is 17.6 Å². The van der Waals surface area contributed by atoms with Crippen LogP contribution in [0.1, 0.15) is 43.5 Å². The first-order chi connectivity index (χ1) is 14.0. The van der Waals surface area contributed by atoms with E-state index < -0.39 is 0 Å². The molecule has 0 N–H and O–H groups in total. The molecule has 2 amide bonds. The van der Waals surface area contributed by atoms with Gasteiger partial charge in [0.2, 0.25) is 5.91 Å². The van der Waals surface area contributed by atoms with Crippen LogP contribution < -0.4 is 4.90 Å². The molecule has 0 bridgehead atoms. The highest BCUT2D eigenvalue weighted by atomic mass is 16.5. The van der Waals surface area contributed by atoms with Crippen molar-refractivity contribution in [3.8, 4) is 0 Å². The summed E-state index contributed by atoms with van der Waals surface area (Å²) in [6.45, 7) is 8.96. The molecule has 1 aromatic heterocycles. The summed E-state index contributed by atoms with van der Waals surface area (Å²) in [4.78, 5) is 37.0. The van der Waals surface area contributed by atoms with E-state index in [2.05, 4.69) is 28.6 Å². The van der Waals surface area contributed by atoms with E-state index in [1.54, 1.807) is 6.20 Å². The van der Waals surface area contributed by atoms with Crippen molar-refractivity contribution < 1.29 is 14.3 Å². The van der Waals surface area contributed by atoms with Crippen LogP contribution in [0.4, 0.5) is 5.82 Å². The van der Waals surface area contributed by atoms with E-state index in [1.165, 1.54) is 12.8 Å². The Balaban J connectivity index is 1.56. The highest BCUT2D eigenvalue weighted by Crippen LogP contribution is 2.32. The van der Waals surface area contributed by atoms with Gasteiger partial charge in [0.25, 0.3) is 5.91 Å². The van der Waals surface area contributed by atoms with Crippen molar-refractivity contribution in [2.75, 3.05) is 50.8 Å². The van der Waals surface area contributed by atoms with Crippen LogP contribution in [0, 0.1) is 11.8 Å². The van der Waals surface area contributed by atoms with E-state index in [9.17, 15) is 9.59 Å². The average molecular weight is 401 g/mol. The number of pyridine rings is 1. The van der Waals surface area contributed by atoms with Gasteiger partial charge in [-0.3, -0.25) is 9.59 Å².